The highest BCUT2D eigenvalue weighted by Crippen LogP contribution is 2.34. The van der Waals surface area contributed by atoms with Gasteiger partial charge in [0.25, 0.3) is 11.5 Å². The number of benzene rings is 2. The van der Waals surface area contributed by atoms with Crippen LogP contribution in [0.4, 0.5) is 5.69 Å². The number of ether oxygens (including phenoxy) is 1. The fourth-order valence-electron chi connectivity index (χ4n) is 4.24. The summed E-state index contributed by atoms with van der Waals surface area (Å²) >= 11 is 1.20. The topological polar surface area (TPSA) is 76.8 Å². The Morgan fingerprint density at radius 1 is 0.971 bits per heavy atom. The second-order valence-electron chi connectivity index (χ2n) is 8.24. The van der Waals surface area contributed by atoms with Crippen LogP contribution >= 0.6 is 11.3 Å². The Labute approximate surface area is 201 Å². The number of aromatic nitrogens is 3. The highest BCUT2D eigenvalue weighted by atomic mass is 32.1. The van der Waals surface area contributed by atoms with Crippen molar-refractivity contribution in [2.24, 2.45) is 0 Å². The fraction of sp³-hybridized carbons (Fsp3) is 0.308. The van der Waals surface area contributed by atoms with Crippen molar-refractivity contribution in [1.82, 2.24) is 14.6 Å². The van der Waals surface area contributed by atoms with Crippen LogP contribution in [-0.2, 0) is 4.79 Å². The quantitative estimate of drug-likeness (QED) is 0.360. The number of rotatable bonds is 8. The number of carbonyl (C=O) groups is 1. The summed E-state index contributed by atoms with van der Waals surface area (Å²) in [4.78, 5) is 33.0. The summed E-state index contributed by atoms with van der Waals surface area (Å²) in [5.74, 6) is 1.13. The van der Waals surface area contributed by atoms with Crippen LogP contribution in [0.5, 0.6) is 5.75 Å². The number of unbranched alkanes of at least 4 members (excludes halogenated alkanes) is 3. The third kappa shape index (κ3) is 3.88. The van der Waals surface area contributed by atoms with Crippen molar-refractivity contribution in [3.05, 3.63) is 69.0 Å². The Morgan fingerprint density at radius 3 is 2.50 bits per heavy atom. The highest BCUT2D eigenvalue weighted by molar-refractivity contribution is 7.15. The smallest absolute Gasteiger partial charge is 0.291 e. The molecule has 1 aliphatic heterocycles. The number of thiazole rings is 1. The van der Waals surface area contributed by atoms with Crippen molar-refractivity contribution < 1.29 is 9.53 Å². The van der Waals surface area contributed by atoms with E-state index < -0.39 is 0 Å². The fourth-order valence-corrected chi connectivity index (χ4v) is 5.24. The van der Waals surface area contributed by atoms with Crippen molar-refractivity contribution in [2.75, 3.05) is 18.1 Å². The summed E-state index contributed by atoms with van der Waals surface area (Å²) in [6.45, 7) is 5.36. The molecule has 34 heavy (non-hydrogen) atoms. The third-order valence-corrected chi connectivity index (χ3v) is 7.03. The lowest BCUT2D eigenvalue weighted by atomic mass is 10.1. The largest absolute Gasteiger partial charge is 0.494 e. The average Bonchev–Trinajstić information content (AvgIpc) is 3.49. The molecular weight excluding hydrogens is 448 g/mol. The molecule has 0 atom stereocenters. The van der Waals surface area contributed by atoms with Crippen molar-refractivity contribution in [1.29, 1.82) is 0 Å². The molecule has 0 bridgehead atoms. The molecule has 0 fully saturated rings. The Morgan fingerprint density at radius 2 is 1.76 bits per heavy atom. The second kappa shape index (κ2) is 9.38. The van der Waals surface area contributed by atoms with Crippen LogP contribution in [0.3, 0.4) is 0 Å². The number of hydrogen-bond acceptors (Lipinski definition) is 6. The zero-order valence-electron chi connectivity index (χ0n) is 19.3. The summed E-state index contributed by atoms with van der Waals surface area (Å²) in [5.41, 5.74) is 2.53. The monoisotopic (exact) mass is 474 g/mol. The van der Waals surface area contributed by atoms with E-state index in [-0.39, 0.29) is 11.5 Å². The van der Waals surface area contributed by atoms with Gasteiger partial charge < -0.3 is 9.64 Å². The number of amides is 1. The second-order valence-corrected chi connectivity index (χ2v) is 9.22. The molecule has 174 valence electrons. The summed E-state index contributed by atoms with van der Waals surface area (Å²) in [7, 11) is 0. The molecule has 5 rings (SSSR count). The molecule has 2 aromatic heterocycles. The molecule has 4 aromatic rings. The lowest BCUT2D eigenvalue weighted by molar-refractivity contribution is -0.113. The number of nitrogens with zero attached hydrogens (tertiary/aromatic N) is 4. The minimum atomic E-state index is -0.318. The molecular formula is C26H26N4O3S. The lowest BCUT2D eigenvalue weighted by Gasteiger charge is -2.13. The zero-order valence-corrected chi connectivity index (χ0v) is 20.1. The minimum Gasteiger partial charge on any atom is -0.494 e. The van der Waals surface area contributed by atoms with E-state index in [0.29, 0.717) is 34.0 Å². The molecule has 0 spiro atoms. The normalized spacial score (nSPS) is 14.8. The van der Waals surface area contributed by atoms with Crippen LogP contribution in [0.2, 0.25) is 0 Å². The van der Waals surface area contributed by atoms with E-state index in [4.69, 9.17) is 4.74 Å². The van der Waals surface area contributed by atoms with Crippen LogP contribution in [0.1, 0.15) is 45.1 Å². The standard InChI is InChI=1S/C26H26N4O3S/c1-3-5-6-9-16-33-18-14-12-17(13-15-18)23-27-26-30(28-23)25(32)22(34-26)21-19-10-7-8-11-20(19)29(4-2)24(21)31/h7-8,10-15H,3-6,9,16H2,1-2H3. The molecule has 1 aliphatic rings. The predicted octanol–water partition coefficient (Wildman–Crippen LogP) is 4.06. The van der Waals surface area contributed by atoms with Crippen molar-refractivity contribution in [2.45, 2.75) is 39.5 Å². The van der Waals surface area contributed by atoms with Crippen molar-refractivity contribution in [3.63, 3.8) is 0 Å². The number of anilines is 1. The summed E-state index contributed by atoms with van der Waals surface area (Å²) in [5, 5.41) is 4.44. The third-order valence-electron chi connectivity index (χ3n) is 6.00. The van der Waals surface area contributed by atoms with Gasteiger partial charge in [0.2, 0.25) is 4.96 Å². The molecule has 0 aliphatic carbocycles. The van der Waals surface area contributed by atoms with Crippen molar-refractivity contribution >= 4 is 33.5 Å². The van der Waals surface area contributed by atoms with Gasteiger partial charge in [-0.3, -0.25) is 9.59 Å². The van der Waals surface area contributed by atoms with Crippen LogP contribution in [0, 0.1) is 0 Å². The Balaban J connectivity index is 1.44. The first kappa shape index (κ1) is 22.3. The van der Waals surface area contributed by atoms with Gasteiger partial charge in [-0.25, -0.2) is 0 Å². The van der Waals surface area contributed by atoms with Crippen LogP contribution in [0.25, 0.3) is 21.9 Å². The molecule has 8 heteroatoms. The predicted molar refractivity (Wildman–Crippen MR) is 134 cm³/mol. The minimum absolute atomic E-state index is 0.157. The van der Waals surface area contributed by atoms with E-state index in [9.17, 15) is 9.59 Å². The van der Waals surface area contributed by atoms with Gasteiger partial charge in [0.05, 0.1) is 17.9 Å². The molecule has 0 saturated carbocycles. The van der Waals surface area contributed by atoms with E-state index in [2.05, 4.69) is 17.0 Å². The van der Waals surface area contributed by atoms with E-state index in [1.165, 1.54) is 35.1 Å². The van der Waals surface area contributed by atoms with Crippen LogP contribution in [0.15, 0.2) is 53.3 Å². The van der Waals surface area contributed by atoms with Gasteiger partial charge in [0.1, 0.15) is 10.3 Å². The summed E-state index contributed by atoms with van der Waals surface area (Å²) < 4.78 is 7.48. The molecule has 0 N–H and O–H groups in total. The van der Waals surface area contributed by atoms with Gasteiger partial charge in [0, 0.05) is 17.7 Å². The first-order valence-corrected chi connectivity index (χ1v) is 12.5. The lowest BCUT2D eigenvalue weighted by Crippen LogP contribution is -2.32. The first-order valence-electron chi connectivity index (χ1n) is 11.7. The maximum Gasteiger partial charge on any atom is 0.291 e. The average molecular weight is 475 g/mol. The van der Waals surface area contributed by atoms with Gasteiger partial charge in [-0.2, -0.15) is 9.50 Å². The number of fused-ring (bicyclic) bond motifs is 2. The van der Waals surface area contributed by atoms with Gasteiger partial charge in [-0.1, -0.05) is 55.7 Å². The molecule has 0 saturated heterocycles. The number of carbonyl (C=O) groups excluding carboxylic acids is 1. The molecule has 7 nitrogen and oxygen atoms in total. The Hall–Kier alpha value is -3.52. The number of para-hydroxylation sites is 1. The highest BCUT2D eigenvalue weighted by Gasteiger charge is 2.33. The molecule has 0 unspecified atom stereocenters. The Kier molecular flexibility index (Phi) is 6.15. The van der Waals surface area contributed by atoms with Gasteiger partial charge in [0.15, 0.2) is 5.82 Å². The maximum atomic E-state index is 13.2. The van der Waals surface area contributed by atoms with Crippen LogP contribution < -0.4 is 19.7 Å². The Bertz CT molecular complexity index is 1460. The number of likely N-dealkylation sites (N-methyl/N-ethyl adjacent to an activating group) is 1. The van der Waals surface area contributed by atoms with E-state index >= 15 is 0 Å². The van der Waals surface area contributed by atoms with E-state index in [1.807, 2.05) is 55.5 Å². The van der Waals surface area contributed by atoms with Gasteiger partial charge in [-0.15, -0.1) is 5.10 Å². The molecule has 3 heterocycles. The van der Waals surface area contributed by atoms with E-state index in [1.54, 1.807) is 4.90 Å². The van der Waals surface area contributed by atoms with Gasteiger partial charge >= 0.3 is 0 Å². The number of hydrogen-bond donors (Lipinski definition) is 0. The van der Waals surface area contributed by atoms with E-state index in [0.717, 1.165) is 29.0 Å². The zero-order chi connectivity index (χ0) is 23.7. The van der Waals surface area contributed by atoms with Gasteiger partial charge in [-0.05, 0) is 43.7 Å². The SMILES string of the molecule is CCCCCCOc1ccc(-c2nc3sc(=C4C(=O)N(CC)c5ccccc54)c(=O)n3n2)cc1. The first-order chi connectivity index (χ1) is 16.6. The van der Waals surface area contributed by atoms with Crippen molar-refractivity contribution in [3.8, 4) is 17.1 Å². The molecule has 2 aromatic carbocycles. The summed E-state index contributed by atoms with van der Waals surface area (Å²) in [6, 6.07) is 15.2. The summed E-state index contributed by atoms with van der Waals surface area (Å²) in [6.07, 6.45) is 4.66. The molecule has 0 radical (unpaired) electrons. The molecule has 1 amide bonds. The van der Waals surface area contributed by atoms with Crippen LogP contribution in [-0.4, -0.2) is 33.7 Å². The maximum absolute atomic E-state index is 13.2.